The molecule has 20 heavy (non-hydrogen) atoms. The number of nitrogens with one attached hydrogen (secondary N) is 1. The molecule has 0 saturated carbocycles. The Kier molecular flexibility index (Phi) is 5.23. The van der Waals surface area contributed by atoms with Crippen molar-refractivity contribution in [3.63, 3.8) is 0 Å². The average Bonchev–Trinajstić information content (AvgIpc) is 2.47. The fourth-order valence-corrected chi connectivity index (χ4v) is 2.54. The van der Waals surface area contributed by atoms with Gasteiger partial charge in [0.05, 0.1) is 0 Å². The molecule has 2 rings (SSSR count). The van der Waals surface area contributed by atoms with Gasteiger partial charge in [-0.05, 0) is 41.2 Å². The van der Waals surface area contributed by atoms with Crippen LogP contribution in [0.2, 0.25) is 0 Å². The summed E-state index contributed by atoms with van der Waals surface area (Å²) in [6.07, 6.45) is 2.38. The van der Waals surface area contributed by atoms with Crippen molar-refractivity contribution in [2.45, 2.75) is 46.1 Å². The quantitative estimate of drug-likeness (QED) is 0.741. The Morgan fingerprint density at radius 3 is 2.40 bits per heavy atom. The minimum absolute atomic E-state index is 0.579. The summed E-state index contributed by atoms with van der Waals surface area (Å²) < 4.78 is 0. The number of hydrogen-bond acceptors (Lipinski definition) is 1. The molecule has 0 atom stereocenters. The molecule has 2 aromatic rings. The lowest BCUT2D eigenvalue weighted by molar-refractivity contribution is 0.821. The van der Waals surface area contributed by atoms with E-state index in [2.05, 4.69) is 74.6 Å². The van der Waals surface area contributed by atoms with Crippen LogP contribution in [0, 0.1) is 0 Å². The highest BCUT2D eigenvalue weighted by molar-refractivity contribution is 5.50. The van der Waals surface area contributed by atoms with Gasteiger partial charge in [0.15, 0.2) is 0 Å². The maximum Gasteiger partial charge on any atom is 0.0400 e. The lowest BCUT2D eigenvalue weighted by Gasteiger charge is -2.15. The van der Waals surface area contributed by atoms with Crippen LogP contribution >= 0.6 is 0 Å². The standard InChI is InChI=1S/C19H25N/c1-4-8-17-11-12-18(13-19(17)15(2)3)20-14-16-9-6-5-7-10-16/h5-7,9-13,15,20H,4,8,14H2,1-3H3. The first-order valence-corrected chi connectivity index (χ1v) is 7.61. The molecule has 0 amide bonds. The average molecular weight is 267 g/mol. The first-order valence-electron chi connectivity index (χ1n) is 7.61. The fourth-order valence-electron chi connectivity index (χ4n) is 2.54. The Bertz CT molecular complexity index is 529. The van der Waals surface area contributed by atoms with E-state index in [0.717, 1.165) is 6.54 Å². The first-order chi connectivity index (χ1) is 9.70. The monoisotopic (exact) mass is 267 g/mol. The van der Waals surface area contributed by atoms with E-state index >= 15 is 0 Å². The summed E-state index contributed by atoms with van der Waals surface area (Å²) in [5.41, 5.74) is 5.51. The van der Waals surface area contributed by atoms with Gasteiger partial charge >= 0.3 is 0 Å². The van der Waals surface area contributed by atoms with E-state index < -0.39 is 0 Å². The summed E-state index contributed by atoms with van der Waals surface area (Å²) in [7, 11) is 0. The van der Waals surface area contributed by atoms with Gasteiger partial charge in [0, 0.05) is 12.2 Å². The molecule has 0 heterocycles. The smallest absolute Gasteiger partial charge is 0.0400 e. The Labute approximate surface area is 123 Å². The molecular formula is C19H25N. The molecule has 0 unspecified atom stereocenters. The molecule has 0 fully saturated rings. The van der Waals surface area contributed by atoms with Crippen LogP contribution in [-0.4, -0.2) is 0 Å². The Hall–Kier alpha value is -1.76. The van der Waals surface area contributed by atoms with E-state index in [0.29, 0.717) is 5.92 Å². The molecule has 0 bridgehead atoms. The van der Waals surface area contributed by atoms with Gasteiger partial charge in [0.25, 0.3) is 0 Å². The summed E-state index contributed by atoms with van der Waals surface area (Å²) in [6, 6.07) is 17.3. The number of hydrogen-bond donors (Lipinski definition) is 1. The Morgan fingerprint density at radius 2 is 1.75 bits per heavy atom. The van der Waals surface area contributed by atoms with Crippen molar-refractivity contribution in [3.05, 3.63) is 65.2 Å². The molecular weight excluding hydrogens is 242 g/mol. The highest BCUT2D eigenvalue weighted by Gasteiger charge is 2.07. The third kappa shape index (κ3) is 3.86. The van der Waals surface area contributed by atoms with Gasteiger partial charge in [-0.15, -0.1) is 0 Å². The number of anilines is 1. The molecule has 0 aromatic heterocycles. The highest BCUT2D eigenvalue weighted by atomic mass is 14.9. The van der Waals surface area contributed by atoms with Gasteiger partial charge in [-0.25, -0.2) is 0 Å². The fraction of sp³-hybridized carbons (Fsp3) is 0.368. The third-order valence-corrected chi connectivity index (χ3v) is 3.63. The first kappa shape index (κ1) is 14.6. The molecule has 0 aliphatic rings. The lowest BCUT2D eigenvalue weighted by Crippen LogP contribution is -2.02. The van der Waals surface area contributed by atoms with Gasteiger partial charge < -0.3 is 5.32 Å². The van der Waals surface area contributed by atoms with Crippen LogP contribution in [0.1, 0.15) is 49.8 Å². The number of benzene rings is 2. The van der Waals surface area contributed by atoms with Gasteiger partial charge in [-0.2, -0.15) is 0 Å². The second-order valence-corrected chi connectivity index (χ2v) is 5.66. The zero-order valence-corrected chi connectivity index (χ0v) is 12.8. The van der Waals surface area contributed by atoms with Crippen LogP contribution < -0.4 is 5.32 Å². The van der Waals surface area contributed by atoms with Gasteiger partial charge in [0.2, 0.25) is 0 Å². The summed E-state index contributed by atoms with van der Waals surface area (Å²) >= 11 is 0. The molecule has 0 spiro atoms. The predicted octanol–water partition coefficient (Wildman–Crippen LogP) is 5.37. The van der Waals surface area contributed by atoms with Crippen molar-refractivity contribution in [2.75, 3.05) is 5.32 Å². The summed E-state index contributed by atoms with van der Waals surface area (Å²) in [6.45, 7) is 7.67. The lowest BCUT2D eigenvalue weighted by atomic mass is 9.94. The largest absolute Gasteiger partial charge is 0.381 e. The molecule has 0 saturated heterocycles. The van der Waals surface area contributed by atoms with Gasteiger partial charge in [0.1, 0.15) is 0 Å². The number of rotatable bonds is 6. The van der Waals surface area contributed by atoms with E-state index in [-0.39, 0.29) is 0 Å². The summed E-state index contributed by atoms with van der Waals surface area (Å²) in [5, 5.41) is 3.53. The van der Waals surface area contributed by atoms with Crippen molar-refractivity contribution in [1.82, 2.24) is 0 Å². The van der Waals surface area contributed by atoms with E-state index in [4.69, 9.17) is 0 Å². The molecule has 1 N–H and O–H groups in total. The Balaban J connectivity index is 2.10. The van der Waals surface area contributed by atoms with Crippen molar-refractivity contribution in [2.24, 2.45) is 0 Å². The second-order valence-electron chi connectivity index (χ2n) is 5.66. The minimum atomic E-state index is 0.579. The van der Waals surface area contributed by atoms with Crippen LogP contribution in [0.5, 0.6) is 0 Å². The van der Waals surface area contributed by atoms with Crippen LogP contribution in [0.4, 0.5) is 5.69 Å². The molecule has 0 radical (unpaired) electrons. The van der Waals surface area contributed by atoms with Crippen molar-refractivity contribution >= 4 is 5.69 Å². The van der Waals surface area contributed by atoms with Crippen LogP contribution in [0.3, 0.4) is 0 Å². The molecule has 106 valence electrons. The van der Waals surface area contributed by atoms with Gasteiger partial charge in [-0.1, -0.05) is 63.6 Å². The maximum atomic E-state index is 3.53. The van der Waals surface area contributed by atoms with Crippen LogP contribution in [0.15, 0.2) is 48.5 Å². The molecule has 0 aliphatic heterocycles. The molecule has 0 aliphatic carbocycles. The SMILES string of the molecule is CCCc1ccc(NCc2ccccc2)cc1C(C)C. The van der Waals surface area contributed by atoms with E-state index in [9.17, 15) is 0 Å². The predicted molar refractivity (Wildman–Crippen MR) is 88.3 cm³/mol. The molecule has 1 heteroatoms. The van der Waals surface area contributed by atoms with E-state index in [1.807, 2.05) is 0 Å². The van der Waals surface area contributed by atoms with Crippen molar-refractivity contribution < 1.29 is 0 Å². The van der Waals surface area contributed by atoms with Crippen LogP contribution in [0.25, 0.3) is 0 Å². The third-order valence-electron chi connectivity index (χ3n) is 3.63. The second kappa shape index (κ2) is 7.14. The number of aryl methyl sites for hydroxylation is 1. The normalized spacial score (nSPS) is 10.8. The minimum Gasteiger partial charge on any atom is -0.381 e. The van der Waals surface area contributed by atoms with Crippen LogP contribution in [-0.2, 0) is 13.0 Å². The van der Waals surface area contributed by atoms with Crippen molar-refractivity contribution in [3.8, 4) is 0 Å². The summed E-state index contributed by atoms with van der Waals surface area (Å²) in [5.74, 6) is 0.579. The van der Waals surface area contributed by atoms with E-state index in [1.165, 1.54) is 35.2 Å². The van der Waals surface area contributed by atoms with Crippen molar-refractivity contribution in [1.29, 1.82) is 0 Å². The maximum absolute atomic E-state index is 3.53. The zero-order valence-electron chi connectivity index (χ0n) is 12.8. The van der Waals surface area contributed by atoms with Gasteiger partial charge in [-0.3, -0.25) is 0 Å². The zero-order chi connectivity index (χ0) is 14.4. The Morgan fingerprint density at radius 1 is 1.00 bits per heavy atom. The highest BCUT2D eigenvalue weighted by Crippen LogP contribution is 2.25. The van der Waals surface area contributed by atoms with E-state index in [1.54, 1.807) is 0 Å². The summed E-state index contributed by atoms with van der Waals surface area (Å²) in [4.78, 5) is 0. The topological polar surface area (TPSA) is 12.0 Å². The molecule has 2 aromatic carbocycles. The molecule has 1 nitrogen and oxygen atoms in total.